The van der Waals surface area contributed by atoms with E-state index in [0.29, 0.717) is 13.2 Å². The SMILES string of the molecule is CCCCCCOP(=O)(OCCCCCC)Sc1ccccc1. The van der Waals surface area contributed by atoms with Crippen molar-refractivity contribution in [3.63, 3.8) is 0 Å². The molecule has 0 radical (unpaired) electrons. The maximum absolute atomic E-state index is 13.0. The summed E-state index contributed by atoms with van der Waals surface area (Å²) in [7, 11) is 0. The molecule has 0 saturated heterocycles. The zero-order chi connectivity index (χ0) is 16.8. The van der Waals surface area contributed by atoms with Gasteiger partial charge in [0.25, 0.3) is 0 Å². The lowest BCUT2D eigenvalue weighted by Crippen LogP contribution is -1.98. The van der Waals surface area contributed by atoms with E-state index in [4.69, 9.17) is 9.05 Å². The summed E-state index contributed by atoms with van der Waals surface area (Å²) in [5.41, 5.74) is 0. The van der Waals surface area contributed by atoms with Crippen molar-refractivity contribution in [2.24, 2.45) is 0 Å². The maximum Gasteiger partial charge on any atom is 0.393 e. The van der Waals surface area contributed by atoms with Crippen LogP contribution in [0.4, 0.5) is 0 Å². The first-order chi connectivity index (χ1) is 11.2. The van der Waals surface area contributed by atoms with E-state index in [1.165, 1.54) is 37.1 Å². The molecule has 5 heteroatoms. The topological polar surface area (TPSA) is 35.5 Å². The molecule has 0 amide bonds. The van der Waals surface area contributed by atoms with Gasteiger partial charge in [0, 0.05) is 4.90 Å². The zero-order valence-corrected chi connectivity index (χ0v) is 16.2. The fourth-order valence-corrected chi connectivity index (χ4v) is 5.44. The summed E-state index contributed by atoms with van der Waals surface area (Å²) in [5.74, 6) is 0. The first kappa shape index (κ1) is 20.8. The summed E-state index contributed by atoms with van der Waals surface area (Å²) in [6, 6.07) is 9.72. The molecule has 0 aliphatic rings. The molecule has 0 spiro atoms. The Balaban J connectivity index is 2.47. The van der Waals surface area contributed by atoms with Crippen LogP contribution < -0.4 is 0 Å². The van der Waals surface area contributed by atoms with Crippen LogP contribution in [0.2, 0.25) is 0 Å². The monoisotopic (exact) mass is 358 g/mol. The first-order valence-electron chi connectivity index (χ1n) is 8.84. The van der Waals surface area contributed by atoms with Crippen molar-refractivity contribution in [1.29, 1.82) is 0 Å². The molecule has 1 aromatic rings. The summed E-state index contributed by atoms with van der Waals surface area (Å²) in [6.07, 6.45) is 8.86. The summed E-state index contributed by atoms with van der Waals surface area (Å²) in [4.78, 5) is 0.929. The van der Waals surface area contributed by atoms with Crippen LogP contribution in [0.15, 0.2) is 35.2 Å². The maximum atomic E-state index is 13.0. The van der Waals surface area contributed by atoms with Gasteiger partial charge in [0.2, 0.25) is 0 Å². The number of benzene rings is 1. The third kappa shape index (κ3) is 10.2. The molecule has 1 aromatic carbocycles. The lowest BCUT2D eigenvalue weighted by Gasteiger charge is -2.17. The van der Waals surface area contributed by atoms with E-state index in [0.717, 1.165) is 30.6 Å². The van der Waals surface area contributed by atoms with E-state index in [2.05, 4.69) is 13.8 Å². The molecule has 1 rings (SSSR count). The molecule has 132 valence electrons. The Kier molecular flexibility index (Phi) is 11.8. The largest absolute Gasteiger partial charge is 0.393 e. The molecule has 0 fully saturated rings. The summed E-state index contributed by atoms with van der Waals surface area (Å²) >= 11 is 1.23. The van der Waals surface area contributed by atoms with E-state index in [-0.39, 0.29) is 0 Å². The molecule has 0 aromatic heterocycles. The van der Waals surface area contributed by atoms with Gasteiger partial charge >= 0.3 is 6.80 Å². The van der Waals surface area contributed by atoms with E-state index in [9.17, 15) is 4.57 Å². The second-order valence-corrected chi connectivity index (χ2v) is 9.59. The van der Waals surface area contributed by atoms with Gasteiger partial charge in [-0.05, 0) is 36.4 Å². The molecule has 0 aliphatic heterocycles. The van der Waals surface area contributed by atoms with Crippen molar-refractivity contribution in [3.05, 3.63) is 30.3 Å². The van der Waals surface area contributed by atoms with Crippen molar-refractivity contribution in [3.8, 4) is 0 Å². The lowest BCUT2D eigenvalue weighted by molar-refractivity contribution is 0.212. The van der Waals surface area contributed by atoms with Crippen LogP contribution in [-0.4, -0.2) is 13.2 Å². The molecule has 23 heavy (non-hydrogen) atoms. The molecule has 0 aliphatic carbocycles. The van der Waals surface area contributed by atoms with Gasteiger partial charge < -0.3 is 9.05 Å². The lowest BCUT2D eigenvalue weighted by atomic mass is 10.2. The van der Waals surface area contributed by atoms with Gasteiger partial charge in [-0.15, -0.1) is 0 Å². The van der Waals surface area contributed by atoms with E-state index in [1.807, 2.05) is 30.3 Å². The predicted octanol–water partition coefficient (Wildman–Crippen LogP) is 7.08. The molecule has 0 saturated carbocycles. The van der Waals surface area contributed by atoms with Crippen molar-refractivity contribution < 1.29 is 13.6 Å². The molecule has 3 nitrogen and oxygen atoms in total. The van der Waals surface area contributed by atoms with Crippen LogP contribution in [0.25, 0.3) is 0 Å². The summed E-state index contributed by atoms with van der Waals surface area (Å²) < 4.78 is 24.3. The van der Waals surface area contributed by atoms with Gasteiger partial charge in [-0.25, -0.2) is 4.57 Å². The quantitative estimate of drug-likeness (QED) is 0.263. The van der Waals surface area contributed by atoms with Gasteiger partial charge in [-0.2, -0.15) is 0 Å². The normalized spacial score (nSPS) is 11.7. The number of rotatable bonds is 14. The Morgan fingerprint density at radius 2 is 1.35 bits per heavy atom. The minimum Gasteiger partial charge on any atom is -0.301 e. The van der Waals surface area contributed by atoms with Gasteiger partial charge in [0.1, 0.15) is 0 Å². The number of unbranched alkanes of at least 4 members (excludes halogenated alkanes) is 6. The van der Waals surface area contributed by atoms with E-state index in [1.54, 1.807) is 0 Å². The molecule has 0 bridgehead atoms. The zero-order valence-electron chi connectivity index (χ0n) is 14.5. The molecular weight excluding hydrogens is 327 g/mol. The van der Waals surface area contributed by atoms with Crippen LogP contribution in [0, 0.1) is 0 Å². The molecule has 0 heterocycles. The second kappa shape index (κ2) is 13.1. The van der Waals surface area contributed by atoms with Crippen molar-refractivity contribution in [2.45, 2.75) is 70.1 Å². The average Bonchev–Trinajstić information content (AvgIpc) is 2.55. The number of hydrogen-bond acceptors (Lipinski definition) is 4. The predicted molar refractivity (Wildman–Crippen MR) is 100 cm³/mol. The molecule has 0 atom stereocenters. The Bertz CT molecular complexity index is 421. The van der Waals surface area contributed by atoms with Crippen LogP contribution in [0.3, 0.4) is 0 Å². The second-order valence-electron chi connectivity index (χ2n) is 5.64. The fraction of sp³-hybridized carbons (Fsp3) is 0.667. The minimum absolute atomic E-state index is 0.506. The Labute approximate surface area is 145 Å². The third-order valence-electron chi connectivity index (χ3n) is 3.46. The highest BCUT2D eigenvalue weighted by molar-refractivity contribution is 8.55. The smallest absolute Gasteiger partial charge is 0.301 e. The van der Waals surface area contributed by atoms with Gasteiger partial charge in [-0.3, -0.25) is 0 Å². The molecule has 0 N–H and O–H groups in total. The fourth-order valence-electron chi connectivity index (χ4n) is 2.11. The van der Waals surface area contributed by atoms with Gasteiger partial charge in [0.05, 0.1) is 13.2 Å². The van der Waals surface area contributed by atoms with Crippen molar-refractivity contribution in [1.82, 2.24) is 0 Å². The highest BCUT2D eigenvalue weighted by Gasteiger charge is 2.26. The van der Waals surface area contributed by atoms with Crippen LogP contribution in [-0.2, 0) is 13.6 Å². The van der Waals surface area contributed by atoms with Crippen molar-refractivity contribution >= 4 is 18.2 Å². The Morgan fingerprint density at radius 3 is 1.83 bits per heavy atom. The van der Waals surface area contributed by atoms with Gasteiger partial charge in [-0.1, -0.05) is 70.6 Å². The average molecular weight is 358 g/mol. The van der Waals surface area contributed by atoms with E-state index < -0.39 is 6.80 Å². The van der Waals surface area contributed by atoms with Crippen LogP contribution >= 0.6 is 18.2 Å². The first-order valence-corrected chi connectivity index (χ1v) is 11.8. The van der Waals surface area contributed by atoms with E-state index >= 15 is 0 Å². The highest BCUT2D eigenvalue weighted by atomic mass is 32.7. The molecule has 0 unspecified atom stereocenters. The minimum atomic E-state index is -3.12. The van der Waals surface area contributed by atoms with Crippen molar-refractivity contribution in [2.75, 3.05) is 13.2 Å². The van der Waals surface area contributed by atoms with Crippen LogP contribution in [0.5, 0.6) is 0 Å². The molecular formula is C18H31O3PS. The summed E-state index contributed by atoms with van der Waals surface area (Å²) in [6.45, 7) is 2.24. The Hall–Kier alpha value is -0.280. The van der Waals surface area contributed by atoms with Crippen LogP contribution in [0.1, 0.15) is 65.2 Å². The van der Waals surface area contributed by atoms with Gasteiger partial charge in [0.15, 0.2) is 0 Å². The Morgan fingerprint density at radius 1 is 0.826 bits per heavy atom. The highest BCUT2D eigenvalue weighted by Crippen LogP contribution is 2.63. The summed E-state index contributed by atoms with van der Waals surface area (Å²) in [5, 5.41) is 0. The standard InChI is InChI=1S/C18H31O3PS/c1-3-5-7-12-16-20-22(19,21-17-13-8-6-4-2)23-18-14-10-9-11-15-18/h9-11,14-15H,3-8,12-13,16-17H2,1-2H3. The number of hydrogen-bond donors (Lipinski definition) is 0. The third-order valence-corrected chi connectivity index (χ3v) is 7.09.